The minimum atomic E-state index is -2.04. The molecule has 11 heteroatoms. The summed E-state index contributed by atoms with van der Waals surface area (Å²) in [5.74, 6) is -1.12. The molecule has 2 saturated heterocycles. The van der Waals surface area contributed by atoms with Crippen molar-refractivity contribution < 1.29 is 23.8 Å². The van der Waals surface area contributed by atoms with Gasteiger partial charge in [0.2, 0.25) is 5.95 Å². The minimum absolute atomic E-state index is 0.147. The van der Waals surface area contributed by atoms with Crippen LogP contribution in [-0.4, -0.2) is 52.3 Å². The summed E-state index contributed by atoms with van der Waals surface area (Å²) in [7, 11) is 1.58. The molecule has 2 amide bonds. The van der Waals surface area contributed by atoms with Crippen LogP contribution in [0.15, 0.2) is 60.7 Å². The van der Waals surface area contributed by atoms with Crippen molar-refractivity contribution >= 4 is 46.3 Å². The van der Waals surface area contributed by atoms with Gasteiger partial charge in [-0.1, -0.05) is 41.9 Å². The van der Waals surface area contributed by atoms with E-state index >= 15 is 4.39 Å². The van der Waals surface area contributed by atoms with Crippen molar-refractivity contribution in [1.82, 2.24) is 15.3 Å². The summed E-state index contributed by atoms with van der Waals surface area (Å²) in [4.78, 5) is 36.5. The summed E-state index contributed by atoms with van der Waals surface area (Å²) in [6.45, 7) is 0. The van der Waals surface area contributed by atoms with Gasteiger partial charge in [-0.05, 0) is 56.0 Å². The van der Waals surface area contributed by atoms with E-state index in [-0.39, 0.29) is 28.3 Å². The first-order chi connectivity index (χ1) is 19.7. The number of carbonyl (C=O) groups excluding carboxylic acids is 2. The zero-order valence-corrected chi connectivity index (χ0v) is 22.9. The van der Waals surface area contributed by atoms with E-state index in [9.17, 15) is 14.7 Å². The molecule has 3 N–H and O–H groups in total. The van der Waals surface area contributed by atoms with E-state index in [1.54, 1.807) is 49.5 Å². The Labute approximate surface area is 239 Å². The van der Waals surface area contributed by atoms with Crippen molar-refractivity contribution in [3.63, 3.8) is 0 Å². The number of amides is 2. The Morgan fingerprint density at radius 2 is 1.90 bits per heavy atom. The number of carbonyl (C=O) groups is 2. The molecule has 3 aromatic carbocycles. The van der Waals surface area contributed by atoms with Crippen molar-refractivity contribution in [2.24, 2.45) is 0 Å². The molecule has 7 rings (SSSR count). The molecule has 1 aromatic heterocycles. The van der Waals surface area contributed by atoms with Crippen molar-refractivity contribution in [3.8, 4) is 0 Å². The van der Waals surface area contributed by atoms with Crippen LogP contribution in [0.1, 0.15) is 47.2 Å². The smallest absolute Gasteiger partial charge is 0.416 e. The van der Waals surface area contributed by atoms with E-state index in [0.29, 0.717) is 34.2 Å². The molecule has 3 unspecified atom stereocenters. The largest absolute Gasteiger partial charge is 0.446 e. The third kappa shape index (κ3) is 4.08. The Bertz CT molecular complexity index is 1700. The molecule has 0 radical (unpaired) electrons. The average Bonchev–Trinajstić information content (AvgIpc) is 3.62. The van der Waals surface area contributed by atoms with Crippen LogP contribution >= 0.6 is 11.6 Å². The lowest BCUT2D eigenvalue weighted by Gasteiger charge is -2.35. The van der Waals surface area contributed by atoms with Crippen LogP contribution in [-0.2, 0) is 10.5 Å². The highest BCUT2D eigenvalue weighted by Crippen LogP contribution is 2.46. The fourth-order valence-electron chi connectivity index (χ4n) is 6.38. The number of H-pyrrole nitrogens is 1. The van der Waals surface area contributed by atoms with Gasteiger partial charge in [-0.25, -0.2) is 14.2 Å². The van der Waals surface area contributed by atoms with Crippen molar-refractivity contribution in [2.75, 3.05) is 16.8 Å². The predicted octanol–water partition coefficient (Wildman–Crippen LogP) is 5.07. The fraction of sp³-hybridized carbons (Fsp3) is 0.300. The number of hydrogen-bond acceptors (Lipinski definition) is 6. The first-order valence-electron chi connectivity index (χ1n) is 13.5. The van der Waals surface area contributed by atoms with Crippen LogP contribution in [0.5, 0.6) is 0 Å². The Morgan fingerprint density at radius 1 is 1.15 bits per heavy atom. The van der Waals surface area contributed by atoms with Crippen LogP contribution in [0, 0.1) is 5.82 Å². The van der Waals surface area contributed by atoms with Gasteiger partial charge in [0.25, 0.3) is 5.91 Å². The molecule has 4 aromatic rings. The normalized spacial score (nSPS) is 25.0. The zero-order valence-electron chi connectivity index (χ0n) is 22.1. The van der Waals surface area contributed by atoms with Gasteiger partial charge in [-0.2, -0.15) is 0 Å². The van der Waals surface area contributed by atoms with E-state index in [2.05, 4.69) is 15.3 Å². The number of piperidine rings is 1. The molecular weight excluding hydrogens is 549 g/mol. The number of halogens is 2. The van der Waals surface area contributed by atoms with E-state index in [1.807, 2.05) is 0 Å². The summed E-state index contributed by atoms with van der Waals surface area (Å²) in [5, 5.41) is 15.6. The second kappa shape index (κ2) is 9.54. The summed E-state index contributed by atoms with van der Waals surface area (Å²) in [5.41, 5.74) is -0.307. The number of rotatable bonds is 4. The molecule has 4 heterocycles. The lowest BCUT2D eigenvalue weighted by molar-refractivity contribution is 0.0696. The number of benzene rings is 3. The number of aromatic amines is 1. The third-order valence-electron chi connectivity index (χ3n) is 8.39. The maximum atomic E-state index is 15.2. The Hall–Kier alpha value is -3.99. The summed E-state index contributed by atoms with van der Waals surface area (Å²) >= 11 is 6.05. The van der Waals surface area contributed by atoms with Crippen LogP contribution in [0.2, 0.25) is 5.02 Å². The van der Waals surface area contributed by atoms with E-state index in [0.717, 1.165) is 30.6 Å². The molecule has 2 bridgehead atoms. The van der Waals surface area contributed by atoms with E-state index in [4.69, 9.17) is 16.3 Å². The van der Waals surface area contributed by atoms with Gasteiger partial charge in [0.1, 0.15) is 6.10 Å². The second-order valence-corrected chi connectivity index (χ2v) is 11.3. The summed E-state index contributed by atoms with van der Waals surface area (Å²) in [6.07, 6.45) is 3.14. The number of nitrogens with zero attached hydrogens (tertiary/aromatic N) is 3. The second-order valence-electron chi connectivity index (χ2n) is 10.9. The topological polar surface area (TPSA) is 111 Å². The molecule has 210 valence electrons. The van der Waals surface area contributed by atoms with Gasteiger partial charge >= 0.3 is 6.09 Å². The fourth-order valence-corrected chi connectivity index (χ4v) is 6.55. The van der Waals surface area contributed by atoms with Crippen molar-refractivity contribution in [1.29, 1.82) is 0 Å². The highest BCUT2D eigenvalue weighted by molar-refractivity contribution is 6.31. The van der Waals surface area contributed by atoms with Gasteiger partial charge in [0.05, 0.1) is 21.7 Å². The van der Waals surface area contributed by atoms with E-state index < -0.39 is 23.5 Å². The van der Waals surface area contributed by atoms with Gasteiger partial charge in [-0.3, -0.25) is 14.6 Å². The lowest BCUT2D eigenvalue weighted by Crippen LogP contribution is -2.45. The van der Waals surface area contributed by atoms with Crippen LogP contribution in [0.4, 0.5) is 20.8 Å². The number of aliphatic hydroxyl groups is 1. The van der Waals surface area contributed by atoms with Crippen LogP contribution in [0.3, 0.4) is 0 Å². The summed E-state index contributed by atoms with van der Waals surface area (Å²) in [6, 6.07) is 16.6. The third-order valence-corrected chi connectivity index (χ3v) is 8.68. The number of fused-ring (bicyclic) bond motifs is 4. The standard InChI is InChI=1S/C30H27ClFN5O4/c1-36(29(39)41-19-14-17-10-11-18(15-19)33-17)28-34-23-12-9-16(13-24(23)35-28)30(40)21-6-3-2-5-20(21)27(38)37(30)25-8-4-7-22(31)26(25)32/h2-9,12-13,17-19,33,40H,10-11,14-15H2,1H3,(H,34,35). The van der Waals surface area contributed by atoms with Gasteiger partial charge in [-0.15, -0.1) is 0 Å². The molecule has 2 fully saturated rings. The molecule has 0 spiro atoms. The number of aromatic nitrogens is 2. The van der Waals surface area contributed by atoms with Crippen molar-refractivity contribution in [3.05, 3.63) is 88.2 Å². The van der Waals surface area contributed by atoms with Crippen molar-refractivity contribution in [2.45, 2.75) is 49.6 Å². The minimum Gasteiger partial charge on any atom is -0.446 e. The number of imidazole rings is 1. The molecule has 0 saturated carbocycles. The monoisotopic (exact) mass is 575 g/mol. The maximum Gasteiger partial charge on any atom is 0.416 e. The first-order valence-corrected chi connectivity index (χ1v) is 13.9. The molecule has 3 atom stereocenters. The average molecular weight is 576 g/mol. The number of hydrogen-bond donors (Lipinski definition) is 3. The van der Waals surface area contributed by atoms with Crippen LogP contribution in [0.25, 0.3) is 11.0 Å². The van der Waals surface area contributed by atoms with Gasteiger partial charge in [0.15, 0.2) is 11.5 Å². The summed E-state index contributed by atoms with van der Waals surface area (Å²) < 4.78 is 21.0. The van der Waals surface area contributed by atoms with E-state index in [1.165, 1.54) is 23.1 Å². The Morgan fingerprint density at radius 3 is 2.68 bits per heavy atom. The molecule has 3 aliphatic rings. The molecule has 0 aliphatic carbocycles. The highest BCUT2D eigenvalue weighted by atomic mass is 35.5. The lowest BCUT2D eigenvalue weighted by atomic mass is 9.93. The maximum absolute atomic E-state index is 15.2. The quantitative estimate of drug-likeness (QED) is 0.313. The van der Waals surface area contributed by atoms with Crippen LogP contribution < -0.4 is 15.1 Å². The number of ether oxygens (including phenoxy) is 1. The van der Waals surface area contributed by atoms with Gasteiger partial charge in [0, 0.05) is 35.8 Å². The zero-order chi connectivity index (χ0) is 28.5. The molecule has 3 aliphatic heterocycles. The first kappa shape index (κ1) is 25.9. The molecular formula is C30H27ClFN5O4. The molecule has 9 nitrogen and oxygen atoms in total. The highest BCUT2D eigenvalue weighted by Gasteiger charge is 2.51. The SMILES string of the molecule is CN(C(=O)OC1CC2CCC(C1)N2)c1nc2ccc(C3(O)c4ccccc4C(=O)N3c3cccc(Cl)c3F)cc2[nH]1. The number of anilines is 2. The van der Waals surface area contributed by atoms with Gasteiger partial charge < -0.3 is 20.1 Å². The predicted molar refractivity (Wildman–Crippen MR) is 152 cm³/mol. The molecule has 41 heavy (non-hydrogen) atoms. The number of nitrogens with one attached hydrogen (secondary N) is 2. The Kier molecular flexibility index (Phi) is 6.04. The Balaban J connectivity index is 1.23.